The summed E-state index contributed by atoms with van der Waals surface area (Å²) in [6, 6.07) is 10.4. The first kappa shape index (κ1) is 22.1. The van der Waals surface area contributed by atoms with Gasteiger partial charge in [-0.1, -0.05) is 0 Å². The van der Waals surface area contributed by atoms with Gasteiger partial charge in [-0.15, -0.1) is 0 Å². The topological polar surface area (TPSA) is 99.7 Å². The number of esters is 1. The smallest absolute Gasteiger partial charge is 0.337 e. The van der Waals surface area contributed by atoms with Crippen LogP contribution < -0.4 is 15.5 Å². The van der Waals surface area contributed by atoms with Gasteiger partial charge in [0.2, 0.25) is 0 Å². The molecule has 1 fully saturated rings. The van der Waals surface area contributed by atoms with Crippen LogP contribution in [0.4, 0.5) is 11.4 Å². The number of nitrogens with one attached hydrogen (secondary N) is 2. The zero-order valence-electron chi connectivity index (χ0n) is 17.6. The molecule has 3 aromatic rings. The van der Waals surface area contributed by atoms with Gasteiger partial charge in [0.25, 0.3) is 5.91 Å². The molecule has 0 spiro atoms. The minimum absolute atomic E-state index is 0.129. The van der Waals surface area contributed by atoms with Gasteiger partial charge in [-0.05, 0) is 55.7 Å². The second-order valence-corrected chi connectivity index (χ2v) is 8.33. The number of anilines is 2. The molecule has 1 aliphatic heterocycles. The summed E-state index contributed by atoms with van der Waals surface area (Å²) in [6.07, 6.45) is 0. The lowest BCUT2D eigenvalue weighted by Crippen LogP contribution is -2.45. The highest BCUT2D eigenvalue weighted by molar-refractivity contribution is 7.80. The fourth-order valence-corrected chi connectivity index (χ4v) is 4.18. The summed E-state index contributed by atoms with van der Waals surface area (Å²) in [7, 11) is 3.42. The number of hydrogen-bond acceptors (Lipinski definition) is 9. The molecule has 1 amide bonds. The molecule has 11 heteroatoms. The first-order valence-corrected chi connectivity index (χ1v) is 11.1. The standard InChI is InChI=1S/C21H22N6O3S2/c1-26-7-9-27(10-8-26)18-6-4-14(20(29)30-2)12-17(18)22-21(31)23-19(28)13-3-5-15-16(11-13)25-32-24-15/h3-6,11-12H,7-10H2,1-2H3,(H2,22,23,28,31). The summed E-state index contributed by atoms with van der Waals surface area (Å²) in [5.74, 6) is -0.805. The molecule has 2 heterocycles. The number of fused-ring (bicyclic) bond motifs is 1. The maximum Gasteiger partial charge on any atom is 0.337 e. The van der Waals surface area contributed by atoms with E-state index in [2.05, 4.69) is 36.2 Å². The number of benzene rings is 2. The number of amides is 1. The van der Waals surface area contributed by atoms with Gasteiger partial charge in [0.05, 0.1) is 35.8 Å². The number of likely N-dealkylation sites (N-methyl/N-ethyl adjacent to an activating group) is 1. The molecule has 0 atom stereocenters. The van der Waals surface area contributed by atoms with E-state index in [-0.39, 0.29) is 11.0 Å². The van der Waals surface area contributed by atoms with Crippen molar-refractivity contribution >= 4 is 63.3 Å². The Balaban J connectivity index is 1.53. The third kappa shape index (κ3) is 4.85. The zero-order valence-corrected chi connectivity index (χ0v) is 19.3. The molecule has 166 valence electrons. The third-order valence-electron chi connectivity index (χ3n) is 5.25. The van der Waals surface area contributed by atoms with Crippen molar-refractivity contribution in [3.63, 3.8) is 0 Å². The number of nitrogens with zero attached hydrogens (tertiary/aromatic N) is 4. The summed E-state index contributed by atoms with van der Waals surface area (Å²) in [5.41, 5.74) is 3.74. The van der Waals surface area contributed by atoms with E-state index in [4.69, 9.17) is 17.0 Å². The maximum atomic E-state index is 12.7. The molecule has 1 aromatic heterocycles. The highest BCUT2D eigenvalue weighted by atomic mass is 32.1. The number of rotatable bonds is 4. The average Bonchev–Trinajstić information content (AvgIpc) is 3.27. The molecule has 0 saturated carbocycles. The fourth-order valence-electron chi connectivity index (χ4n) is 3.46. The van der Waals surface area contributed by atoms with E-state index in [9.17, 15) is 9.59 Å². The van der Waals surface area contributed by atoms with Gasteiger partial charge in [-0.25, -0.2) is 4.79 Å². The van der Waals surface area contributed by atoms with E-state index in [0.29, 0.717) is 22.3 Å². The van der Waals surface area contributed by atoms with Crippen LogP contribution >= 0.6 is 23.9 Å². The summed E-state index contributed by atoms with van der Waals surface area (Å²) in [5, 5.41) is 5.91. The number of carbonyl (C=O) groups excluding carboxylic acids is 2. The van der Waals surface area contributed by atoms with E-state index >= 15 is 0 Å². The Labute approximate surface area is 194 Å². The van der Waals surface area contributed by atoms with E-state index in [1.54, 1.807) is 30.3 Å². The van der Waals surface area contributed by atoms with Crippen LogP contribution in [0, 0.1) is 0 Å². The summed E-state index contributed by atoms with van der Waals surface area (Å²) in [6.45, 7) is 3.52. The van der Waals surface area contributed by atoms with Crippen LogP contribution in [-0.4, -0.2) is 71.0 Å². The normalized spacial score (nSPS) is 14.2. The Morgan fingerprint density at radius 1 is 1.03 bits per heavy atom. The van der Waals surface area contributed by atoms with E-state index in [1.807, 2.05) is 6.07 Å². The van der Waals surface area contributed by atoms with Gasteiger partial charge in [0.1, 0.15) is 11.0 Å². The molecule has 0 unspecified atom stereocenters. The van der Waals surface area contributed by atoms with Crippen molar-refractivity contribution in [3.05, 3.63) is 47.5 Å². The Morgan fingerprint density at radius 3 is 2.50 bits per heavy atom. The van der Waals surface area contributed by atoms with Gasteiger partial charge >= 0.3 is 5.97 Å². The highest BCUT2D eigenvalue weighted by Crippen LogP contribution is 2.28. The molecular weight excluding hydrogens is 448 g/mol. The lowest BCUT2D eigenvalue weighted by atomic mass is 10.1. The number of aromatic nitrogens is 2. The van der Waals surface area contributed by atoms with Crippen LogP contribution in [0.2, 0.25) is 0 Å². The van der Waals surface area contributed by atoms with Crippen LogP contribution in [0.3, 0.4) is 0 Å². The number of hydrogen-bond donors (Lipinski definition) is 2. The number of methoxy groups -OCH3 is 1. The molecule has 9 nitrogen and oxygen atoms in total. The van der Waals surface area contributed by atoms with E-state index in [1.165, 1.54) is 7.11 Å². The van der Waals surface area contributed by atoms with Crippen molar-refractivity contribution in [2.75, 3.05) is 50.6 Å². The van der Waals surface area contributed by atoms with Crippen molar-refractivity contribution in [2.45, 2.75) is 0 Å². The van der Waals surface area contributed by atoms with Gasteiger partial charge < -0.3 is 19.9 Å². The lowest BCUT2D eigenvalue weighted by molar-refractivity contribution is 0.0600. The van der Waals surface area contributed by atoms with Crippen LogP contribution in [0.5, 0.6) is 0 Å². The molecule has 32 heavy (non-hydrogen) atoms. The minimum atomic E-state index is -0.446. The SMILES string of the molecule is COC(=O)c1ccc(N2CCN(C)CC2)c(NC(=S)NC(=O)c2ccc3nsnc3c2)c1. The van der Waals surface area contributed by atoms with Gasteiger partial charge in [0.15, 0.2) is 5.11 Å². The van der Waals surface area contributed by atoms with Crippen molar-refractivity contribution in [1.82, 2.24) is 19.0 Å². The van der Waals surface area contributed by atoms with E-state index in [0.717, 1.165) is 49.1 Å². The second kappa shape index (κ2) is 9.55. The summed E-state index contributed by atoms with van der Waals surface area (Å²) >= 11 is 6.49. The molecule has 2 aromatic carbocycles. The van der Waals surface area contributed by atoms with Crippen LogP contribution in [0.25, 0.3) is 11.0 Å². The van der Waals surface area contributed by atoms with Crippen LogP contribution in [-0.2, 0) is 4.74 Å². The van der Waals surface area contributed by atoms with Gasteiger partial charge in [0, 0.05) is 31.7 Å². The predicted molar refractivity (Wildman–Crippen MR) is 129 cm³/mol. The van der Waals surface area contributed by atoms with Crippen LogP contribution in [0.15, 0.2) is 36.4 Å². The van der Waals surface area contributed by atoms with Gasteiger partial charge in [-0.2, -0.15) is 8.75 Å². The molecule has 1 aliphatic rings. The molecule has 2 N–H and O–H groups in total. The molecule has 1 saturated heterocycles. The minimum Gasteiger partial charge on any atom is -0.465 e. The molecule has 0 bridgehead atoms. The zero-order chi connectivity index (χ0) is 22.7. The van der Waals surface area contributed by atoms with Crippen molar-refractivity contribution in [3.8, 4) is 0 Å². The molecule has 4 rings (SSSR count). The average molecular weight is 471 g/mol. The molecular formula is C21H22N6O3S2. The summed E-state index contributed by atoms with van der Waals surface area (Å²) < 4.78 is 13.1. The Kier molecular flexibility index (Phi) is 6.58. The predicted octanol–water partition coefficient (Wildman–Crippen LogP) is 2.36. The van der Waals surface area contributed by atoms with Crippen molar-refractivity contribution in [1.29, 1.82) is 0 Å². The number of piperazine rings is 1. The molecule has 0 radical (unpaired) electrons. The summed E-state index contributed by atoms with van der Waals surface area (Å²) in [4.78, 5) is 29.2. The van der Waals surface area contributed by atoms with Crippen molar-refractivity contribution in [2.24, 2.45) is 0 Å². The Hall–Kier alpha value is -3.15. The first-order chi connectivity index (χ1) is 15.4. The second-order valence-electron chi connectivity index (χ2n) is 7.39. The largest absolute Gasteiger partial charge is 0.465 e. The Bertz CT molecular complexity index is 1170. The number of thiocarbonyl (C=S) groups is 1. The highest BCUT2D eigenvalue weighted by Gasteiger charge is 2.20. The maximum absolute atomic E-state index is 12.7. The Morgan fingerprint density at radius 2 is 1.75 bits per heavy atom. The first-order valence-electron chi connectivity index (χ1n) is 9.95. The fraction of sp³-hybridized carbons (Fsp3) is 0.286. The van der Waals surface area contributed by atoms with E-state index < -0.39 is 5.97 Å². The third-order valence-corrected chi connectivity index (χ3v) is 6.01. The molecule has 0 aliphatic carbocycles. The van der Waals surface area contributed by atoms with Crippen molar-refractivity contribution < 1.29 is 14.3 Å². The lowest BCUT2D eigenvalue weighted by Gasteiger charge is -2.35. The van der Waals surface area contributed by atoms with Crippen LogP contribution in [0.1, 0.15) is 20.7 Å². The quantitative estimate of drug-likeness (QED) is 0.440. The van der Waals surface area contributed by atoms with Gasteiger partial charge in [-0.3, -0.25) is 10.1 Å². The monoisotopic (exact) mass is 470 g/mol. The number of ether oxygens (including phenoxy) is 1. The number of carbonyl (C=O) groups is 2.